The highest BCUT2D eigenvalue weighted by Gasteiger charge is 2.34. The van der Waals surface area contributed by atoms with Crippen molar-refractivity contribution in [2.45, 2.75) is 0 Å². The molecule has 0 saturated heterocycles. The fourth-order valence-corrected chi connectivity index (χ4v) is 13.4. The number of nitriles is 1. The monoisotopic (exact) mass is 989 g/mol. The molecule has 0 radical (unpaired) electrons. The number of hydrogen-bond acceptors (Lipinski definition) is 1. The SMILES string of the molecule is N#Cc1c(-n2c3ccccc3c3ccc(-c4ccccc4)cc32)c(-n2c3ccccc3c3ccc(-c4ccccc4)cc32)c(-n2c3ccccc3c3ccc(-c4ccccc4)cc32)c2c3cccc4c5ccccc5n(c12)c43. The Hall–Kier alpha value is -10.7. The largest absolute Gasteiger partial charge is 0.306 e. The number of nitrogens with zero attached hydrogens (tertiary/aromatic N) is 5. The van der Waals surface area contributed by atoms with Crippen molar-refractivity contribution in [3.63, 3.8) is 0 Å². The summed E-state index contributed by atoms with van der Waals surface area (Å²) in [7, 11) is 0. The van der Waals surface area contributed by atoms with Gasteiger partial charge in [0, 0.05) is 53.9 Å². The summed E-state index contributed by atoms with van der Waals surface area (Å²) < 4.78 is 9.91. The summed E-state index contributed by atoms with van der Waals surface area (Å²) in [4.78, 5) is 0. The van der Waals surface area contributed by atoms with E-state index in [0.29, 0.717) is 5.56 Å². The van der Waals surface area contributed by atoms with E-state index in [4.69, 9.17) is 0 Å². The Kier molecular flexibility index (Phi) is 8.84. The predicted octanol–water partition coefficient (Wildman–Crippen LogP) is 19.0. The van der Waals surface area contributed by atoms with E-state index in [1.807, 2.05) is 0 Å². The maximum atomic E-state index is 12.7. The van der Waals surface area contributed by atoms with Crippen LogP contribution in [0, 0.1) is 11.3 Å². The van der Waals surface area contributed by atoms with Gasteiger partial charge in [-0.1, -0.05) is 218 Å². The number of benzene rings is 12. The minimum Gasteiger partial charge on any atom is -0.306 e. The van der Waals surface area contributed by atoms with Gasteiger partial charge in [-0.15, -0.1) is 0 Å². The van der Waals surface area contributed by atoms with Crippen molar-refractivity contribution in [1.82, 2.24) is 18.1 Å². The fraction of sp³-hybridized carbons (Fsp3) is 0. The van der Waals surface area contributed by atoms with Gasteiger partial charge in [0.25, 0.3) is 0 Å². The average Bonchev–Trinajstić information content (AvgIpc) is 3.46. The standard InChI is InChI=1S/C73H43N5/c74-44-60-70-68(59-30-18-29-58-54-28-13-17-34-64(54)78(70)69(58)59)72(76-62-32-15-11-26-52(62)56-39-36-49(42-66(56)76)46-21-6-2-7-22-46)73(77-63-33-16-12-27-53(63)57-40-37-50(43-67(57)77)47-23-8-3-9-24-47)71(60)75-61-31-14-10-25-51(61)55-38-35-48(41-65(55)75)45-19-4-1-5-20-45/h1-43H. The van der Waals surface area contributed by atoms with Crippen molar-refractivity contribution in [2.24, 2.45) is 0 Å². The van der Waals surface area contributed by atoms with E-state index in [9.17, 15) is 5.26 Å². The van der Waals surface area contributed by atoms with Crippen molar-refractivity contribution in [1.29, 1.82) is 5.26 Å². The first kappa shape index (κ1) is 42.7. The predicted molar refractivity (Wildman–Crippen MR) is 325 cm³/mol. The Labute approximate surface area is 447 Å². The zero-order valence-corrected chi connectivity index (χ0v) is 42.1. The molecule has 0 aliphatic heterocycles. The zero-order chi connectivity index (χ0) is 51.2. The number of para-hydroxylation sites is 5. The quantitative estimate of drug-likeness (QED) is 0.164. The molecular formula is C73H43N5. The molecule has 0 spiro atoms. The van der Waals surface area contributed by atoms with Gasteiger partial charge in [0.15, 0.2) is 0 Å². The van der Waals surface area contributed by atoms with Crippen LogP contribution in [0.15, 0.2) is 261 Å². The minimum absolute atomic E-state index is 0.589. The van der Waals surface area contributed by atoms with Crippen LogP contribution >= 0.6 is 0 Å². The highest BCUT2D eigenvalue weighted by molar-refractivity contribution is 6.29. The van der Waals surface area contributed by atoms with Gasteiger partial charge in [-0.25, -0.2) is 0 Å². The fourth-order valence-electron chi connectivity index (χ4n) is 13.4. The number of fused-ring (bicyclic) bond motifs is 15. The molecule has 17 rings (SSSR count). The maximum Gasteiger partial charge on any atom is 0.104 e. The second kappa shape index (κ2) is 16.2. The van der Waals surface area contributed by atoms with Gasteiger partial charge >= 0.3 is 0 Å². The summed E-state index contributed by atoms with van der Waals surface area (Å²) in [6, 6.07) is 97.7. The summed E-state index contributed by atoms with van der Waals surface area (Å²) in [5.41, 5.74) is 19.3. The molecule has 5 nitrogen and oxygen atoms in total. The lowest BCUT2D eigenvalue weighted by molar-refractivity contribution is 1.06. The number of hydrogen-bond donors (Lipinski definition) is 0. The Balaban J connectivity index is 1.20. The molecular weight excluding hydrogens is 947 g/mol. The topological polar surface area (TPSA) is 43.0 Å². The van der Waals surface area contributed by atoms with Crippen molar-refractivity contribution in [3.05, 3.63) is 266 Å². The van der Waals surface area contributed by atoms with Gasteiger partial charge in [-0.2, -0.15) is 5.26 Å². The molecule has 0 saturated carbocycles. The van der Waals surface area contributed by atoms with Gasteiger partial charge in [0.05, 0.1) is 66.7 Å². The molecule has 360 valence electrons. The van der Waals surface area contributed by atoms with Crippen LogP contribution in [0.25, 0.3) is 154 Å². The molecule has 0 aliphatic carbocycles. The third kappa shape index (κ3) is 5.78. The highest BCUT2D eigenvalue weighted by Crippen LogP contribution is 2.52. The van der Waals surface area contributed by atoms with Gasteiger partial charge in [-0.05, 0) is 75.8 Å². The third-order valence-electron chi connectivity index (χ3n) is 16.7. The van der Waals surface area contributed by atoms with E-state index < -0.39 is 0 Å². The molecule has 17 aromatic rings. The number of aromatic nitrogens is 4. The Morgan fingerprint density at radius 3 is 1.04 bits per heavy atom. The van der Waals surface area contributed by atoms with Crippen molar-refractivity contribution < 1.29 is 0 Å². The van der Waals surface area contributed by atoms with Crippen LogP contribution in [0.1, 0.15) is 5.56 Å². The molecule has 5 heterocycles. The maximum absolute atomic E-state index is 12.7. The lowest BCUT2D eigenvalue weighted by Crippen LogP contribution is -2.12. The van der Waals surface area contributed by atoms with Gasteiger partial charge in [-0.3, -0.25) is 0 Å². The van der Waals surface area contributed by atoms with E-state index in [1.54, 1.807) is 0 Å². The molecule has 0 fully saturated rings. The molecule has 78 heavy (non-hydrogen) atoms. The lowest BCUT2D eigenvalue weighted by atomic mass is 9.99. The molecule has 0 atom stereocenters. The van der Waals surface area contributed by atoms with E-state index >= 15 is 0 Å². The molecule has 0 aliphatic rings. The van der Waals surface area contributed by atoms with Crippen LogP contribution in [0.2, 0.25) is 0 Å². The first-order chi connectivity index (χ1) is 38.7. The Morgan fingerprint density at radius 1 is 0.244 bits per heavy atom. The second-order valence-corrected chi connectivity index (χ2v) is 20.7. The van der Waals surface area contributed by atoms with Crippen molar-refractivity contribution in [2.75, 3.05) is 0 Å². The number of rotatable bonds is 6. The molecule has 5 heteroatoms. The Bertz CT molecular complexity index is 5380. The summed E-state index contributed by atoms with van der Waals surface area (Å²) in [5, 5.41) is 23.9. The average molecular weight is 990 g/mol. The molecule has 12 aromatic carbocycles. The first-order valence-corrected chi connectivity index (χ1v) is 26.7. The third-order valence-corrected chi connectivity index (χ3v) is 16.7. The molecule has 0 unspecified atom stereocenters. The molecule has 5 aromatic heterocycles. The Morgan fingerprint density at radius 2 is 0.590 bits per heavy atom. The summed E-state index contributed by atoms with van der Waals surface area (Å²) in [5.74, 6) is 0. The van der Waals surface area contributed by atoms with Gasteiger partial charge in [0.1, 0.15) is 11.6 Å². The van der Waals surface area contributed by atoms with Crippen LogP contribution in [0.3, 0.4) is 0 Å². The molecule has 0 bridgehead atoms. The van der Waals surface area contributed by atoms with Crippen LogP contribution < -0.4 is 0 Å². The lowest BCUT2D eigenvalue weighted by Gasteiger charge is -2.25. The van der Waals surface area contributed by atoms with Crippen LogP contribution in [0.4, 0.5) is 0 Å². The normalized spacial score (nSPS) is 12.1. The molecule has 0 N–H and O–H groups in total. The summed E-state index contributed by atoms with van der Waals surface area (Å²) in [6.45, 7) is 0. The zero-order valence-electron chi connectivity index (χ0n) is 42.1. The molecule has 0 amide bonds. The van der Waals surface area contributed by atoms with E-state index in [0.717, 1.165) is 154 Å². The van der Waals surface area contributed by atoms with Gasteiger partial charge in [0.2, 0.25) is 0 Å². The van der Waals surface area contributed by atoms with Gasteiger partial charge < -0.3 is 18.1 Å². The summed E-state index contributed by atoms with van der Waals surface area (Å²) >= 11 is 0. The minimum atomic E-state index is 0.589. The highest BCUT2D eigenvalue weighted by atomic mass is 15.1. The van der Waals surface area contributed by atoms with E-state index in [2.05, 4.69) is 285 Å². The van der Waals surface area contributed by atoms with Crippen LogP contribution in [-0.2, 0) is 0 Å². The smallest absolute Gasteiger partial charge is 0.104 e. The summed E-state index contributed by atoms with van der Waals surface area (Å²) in [6.07, 6.45) is 0. The van der Waals surface area contributed by atoms with Crippen LogP contribution in [0.5, 0.6) is 0 Å². The second-order valence-electron chi connectivity index (χ2n) is 20.7. The van der Waals surface area contributed by atoms with Crippen molar-refractivity contribution >= 4 is 104 Å². The first-order valence-electron chi connectivity index (χ1n) is 26.7. The van der Waals surface area contributed by atoms with Crippen molar-refractivity contribution in [3.8, 4) is 56.5 Å². The van der Waals surface area contributed by atoms with E-state index in [-0.39, 0.29) is 0 Å². The van der Waals surface area contributed by atoms with E-state index in [1.165, 1.54) is 0 Å². The van der Waals surface area contributed by atoms with Crippen LogP contribution in [-0.4, -0.2) is 18.1 Å².